The van der Waals surface area contributed by atoms with Crippen LogP contribution in [-0.2, 0) is 11.8 Å². The first-order valence-electron chi connectivity index (χ1n) is 14.5. The smallest absolute Gasteiger partial charge is 0.0893 e. The number of nitrogens with zero attached hydrogens (tertiary/aromatic N) is 2. The fourth-order valence-corrected chi connectivity index (χ4v) is 4.07. The van der Waals surface area contributed by atoms with Crippen molar-refractivity contribution >= 4 is 11.4 Å². The van der Waals surface area contributed by atoms with E-state index in [0.717, 1.165) is 58.0 Å². The van der Waals surface area contributed by atoms with Gasteiger partial charge in [0.1, 0.15) is 0 Å². The molecule has 216 valence electrons. The molecular weight excluding hydrogens is 486 g/mol. The van der Waals surface area contributed by atoms with Gasteiger partial charge >= 0.3 is 0 Å². The highest BCUT2D eigenvalue weighted by molar-refractivity contribution is 5.99. The van der Waals surface area contributed by atoms with E-state index in [2.05, 4.69) is 128 Å². The van der Waals surface area contributed by atoms with Crippen LogP contribution in [-0.4, -0.2) is 24.7 Å². The molecule has 2 aromatic rings. The van der Waals surface area contributed by atoms with Crippen LogP contribution in [0.4, 0.5) is 5.69 Å². The molecule has 0 aliphatic carbocycles. The van der Waals surface area contributed by atoms with Crippen LogP contribution in [0.1, 0.15) is 85.4 Å². The highest BCUT2D eigenvalue weighted by atomic mass is 15.1. The maximum absolute atomic E-state index is 5.14. The van der Waals surface area contributed by atoms with Gasteiger partial charge in [-0.25, -0.2) is 0 Å². The van der Waals surface area contributed by atoms with Gasteiger partial charge in [-0.2, -0.15) is 0 Å². The summed E-state index contributed by atoms with van der Waals surface area (Å²) < 4.78 is 0. The lowest BCUT2D eigenvalue weighted by Gasteiger charge is -2.19. The van der Waals surface area contributed by atoms with Crippen molar-refractivity contribution in [1.29, 1.82) is 0 Å². The lowest BCUT2D eigenvalue weighted by molar-refractivity contribution is 0.530. The van der Waals surface area contributed by atoms with E-state index >= 15 is 0 Å². The molecule has 0 amide bonds. The van der Waals surface area contributed by atoms with Gasteiger partial charge < -0.3 is 10.2 Å². The zero-order valence-electron chi connectivity index (χ0n) is 27.1. The highest BCUT2D eigenvalue weighted by Crippen LogP contribution is 2.26. The largest absolute Gasteiger partial charge is 0.378 e. The summed E-state index contributed by atoms with van der Waals surface area (Å²) in [7, 11) is 4.03. The van der Waals surface area contributed by atoms with Gasteiger partial charge in [0.15, 0.2) is 0 Å². The average Bonchev–Trinajstić information content (AvgIpc) is 2.92. The van der Waals surface area contributed by atoms with Gasteiger partial charge in [-0.15, -0.1) is 0 Å². The Morgan fingerprint density at radius 3 is 2.12 bits per heavy atom. The number of hydrogen-bond acceptors (Lipinski definition) is 3. The van der Waals surface area contributed by atoms with Gasteiger partial charge in [-0.3, -0.25) is 4.99 Å². The van der Waals surface area contributed by atoms with Crippen LogP contribution in [0.3, 0.4) is 0 Å². The monoisotopic (exact) mass is 539 g/mol. The molecule has 0 radical (unpaired) electrons. The molecule has 0 atom stereocenters. The predicted molar refractivity (Wildman–Crippen MR) is 180 cm³/mol. The van der Waals surface area contributed by atoms with Crippen LogP contribution in [0.15, 0.2) is 113 Å². The van der Waals surface area contributed by atoms with E-state index in [-0.39, 0.29) is 5.41 Å². The fourth-order valence-electron chi connectivity index (χ4n) is 4.07. The summed E-state index contributed by atoms with van der Waals surface area (Å²) in [4.78, 5) is 7.18. The predicted octanol–water partition coefficient (Wildman–Crippen LogP) is 10.2. The number of nitrogens with one attached hydrogen (secondary N) is 1. The third kappa shape index (κ3) is 10.5. The van der Waals surface area contributed by atoms with Crippen LogP contribution >= 0.6 is 0 Å². The minimum atomic E-state index is 0.113. The highest BCUT2D eigenvalue weighted by Gasteiger charge is 2.14. The number of rotatable bonds is 11. The molecule has 40 heavy (non-hydrogen) atoms. The van der Waals surface area contributed by atoms with E-state index in [0.29, 0.717) is 0 Å². The molecule has 0 saturated heterocycles. The lowest BCUT2D eigenvalue weighted by Crippen LogP contribution is -2.11. The molecule has 0 unspecified atom stereocenters. The summed E-state index contributed by atoms with van der Waals surface area (Å²) in [6.45, 7) is 27.5. The third-order valence-electron chi connectivity index (χ3n) is 6.67. The van der Waals surface area contributed by atoms with Gasteiger partial charge in [0.05, 0.1) is 11.4 Å². The summed E-state index contributed by atoms with van der Waals surface area (Å²) in [6.07, 6.45) is 8.22. The molecule has 0 heterocycles. The van der Waals surface area contributed by atoms with Crippen LogP contribution in [0.25, 0.3) is 0 Å². The molecule has 3 heteroatoms. The average molecular weight is 540 g/mol. The fraction of sp³-hybridized carbons (Fsp3) is 0.378. The molecule has 0 aliphatic heterocycles. The first-order valence-corrected chi connectivity index (χ1v) is 14.5. The van der Waals surface area contributed by atoms with Crippen LogP contribution in [0.2, 0.25) is 0 Å². The standard InChI is InChI=1S/C35H47N3.C2H6/c1-12-15-29-16-14-17-32(24-29)36-28(6)34(26(4)25(3)18-23-33(13-2)38(10)11)37-27(5)30-19-21-31(22-20-30)35(7,8)9;1-2/h13-14,16-24,36H,2,6,12,15H2,1,3-5,7-11H3;1-2H3/b25-18+,33-23+,34-26+,37-27?;. The second kappa shape index (κ2) is 16.5. The van der Waals surface area contributed by atoms with E-state index in [1.54, 1.807) is 0 Å². The quantitative estimate of drug-likeness (QED) is 0.227. The topological polar surface area (TPSA) is 27.6 Å². The van der Waals surface area contributed by atoms with Gasteiger partial charge in [0.25, 0.3) is 0 Å². The van der Waals surface area contributed by atoms with Gasteiger partial charge in [0.2, 0.25) is 0 Å². The molecule has 0 spiro atoms. The second-order valence-corrected chi connectivity index (χ2v) is 11.1. The summed E-state index contributed by atoms with van der Waals surface area (Å²) in [5.41, 5.74) is 10.7. The number of hydrogen-bond donors (Lipinski definition) is 1. The second-order valence-electron chi connectivity index (χ2n) is 11.1. The van der Waals surface area contributed by atoms with Crippen molar-refractivity contribution in [3.8, 4) is 0 Å². The van der Waals surface area contributed by atoms with Crippen molar-refractivity contribution < 1.29 is 0 Å². The maximum Gasteiger partial charge on any atom is 0.0893 e. The number of aryl methyl sites for hydroxylation is 1. The number of allylic oxidation sites excluding steroid dienone is 5. The summed E-state index contributed by atoms with van der Waals surface area (Å²) in [6, 6.07) is 17.3. The normalized spacial score (nSPS) is 13.1. The molecule has 0 saturated carbocycles. The minimum absolute atomic E-state index is 0.113. The van der Waals surface area contributed by atoms with Crippen LogP contribution < -0.4 is 5.32 Å². The molecule has 0 aliphatic rings. The van der Waals surface area contributed by atoms with Crippen molar-refractivity contribution in [1.82, 2.24) is 4.90 Å². The van der Waals surface area contributed by atoms with Crippen molar-refractivity contribution in [3.05, 3.63) is 125 Å². The van der Waals surface area contributed by atoms with E-state index in [9.17, 15) is 0 Å². The van der Waals surface area contributed by atoms with Crippen molar-refractivity contribution in [2.24, 2.45) is 4.99 Å². The summed E-state index contributed by atoms with van der Waals surface area (Å²) in [5.74, 6) is 0. The molecule has 0 fully saturated rings. The van der Waals surface area contributed by atoms with E-state index in [4.69, 9.17) is 4.99 Å². The minimum Gasteiger partial charge on any atom is -0.378 e. The van der Waals surface area contributed by atoms with E-state index < -0.39 is 0 Å². The number of benzene rings is 2. The Labute approximate surface area is 245 Å². The summed E-state index contributed by atoms with van der Waals surface area (Å²) in [5, 5.41) is 3.53. The van der Waals surface area contributed by atoms with Gasteiger partial charge in [-0.1, -0.05) is 104 Å². The Bertz CT molecular complexity index is 1240. The Balaban J connectivity index is 0.00000391. The SMILES string of the molecule is C=C\C(=C/C=C(C)/C(C)=C(/N=C(C)c1ccc(C(C)(C)C)cc1)C(=C)Nc1cccc(CCC)c1)N(C)C.CC. The van der Waals surface area contributed by atoms with Crippen molar-refractivity contribution in [3.63, 3.8) is 0 Å². The molecule has 3 nitrogen and oxygen atoms in total. The Morgan fingerprint density at radius 2 is 1.60 bits per heavy atom. The van der Waals surface area contributed by atoms with E-state index in [1.165, 1.54) is 11.1 Å². The Kier molecular flexibility index (Phi) is 14.2. The molecule has 0 aromatic heterocycles. The van der Waals surface area contributed by atoms with Gasteiger partial charge in [0, 0.05) is 31.2 Å². The van der Waals surface area contributed by atoms with Crippen LogP contribution in [0, 0.1) is 0 Å². The molecule has 2 rings (SSSR count). The molecule has 1 N–H and O–H groups in total. The number of aliphatic imine (C=N–C) groups is 1. The van der Waals surface area contributed by atoms with Crippen molar-refractivity contribution in [2.75, 3.05) is 19.4 Å². The lowest BCUT2D eigenvalue weighted by atomic mass is 9.86. The number of likely N-dealkylation sites (N-methyl/N-ethyl adjacent to an activating group) is 1. The molecule has 0 bridgehead atoms. The third-order valence-corrected chi connectivity index (χ3v) is 6.67. The first-order chi connectivity index (χ1) is 18.9. The van der Waals surface area contributed by atoms with Gasteiger partial charge in [-0.05, 0) is 84.7 Å². The first kappa shape index (κ1) is 34.4. The number of anilines is 1. The maximum atomic E-state index is 5.14. The molecular formula is C37H53N3. The van der Waals surface area contributed by atoms with E-state index in [1.807, 2.05) is 38.9 Å². The Hall–Kier alpha value is -3.59. The van der Waals surface area contributed by atoms with Crippen molar-refractivity contribution in [2.45, 2.75) is 80.6 Å². The van der Waals surface area contributed by atoms with Crippen LogP contribution in [0.5, 0.6) is 0 Å². The summed E-state index contributed by atoms with van der Waals surface area (Å²) >= 11 is 0. The Morgan fingerprint density at radius 1 is 0.975 bits per heavy atom. The molecule has 2 aromatic carbocycles. The zero-order valence-corrected chi connectivity index (χ0v) is 27.1. The zero-order chi connectivity index (χ0) is 30.5.